The second kappa shape index (κ2) is 5.36. The highest BCUT2D eigenvalue weighted by molar-refractivity contribution is 5.45. The first kappa shape index (κ1) is 13.3. The van der Waals surface area contributed by atoms with Crippen LogP contribution in [0, 0.1) is 12.7 Å². The largest absolute Gasteiger partial charge is 0.377 e. The molecule has 0 radical (unpaired) electrons. The van der Waals surface area contributed by atoms with Crippen molar-refractivity contribution in [3.8, 4) is 0 Å². The molecule has 0 bridgehead atoms. The van der Waals surface area contributed by atoms with Gasteiger partial charge in [-0.3, -0.25) is 9.20 Å². The van der Waals surface area contributed by atoms with Crippen LogP contribution in [0.15, 0.2) is 53.5 Å². The summed E-state index contributed by atoms with van der Waals surface area (Å²) in [5, 5.41) is 2.95. The van der Waals surface area contributed by atoms with Crippen LogP contribution in [0.3, 0.4) is 0 Å². The van der Waals surface area contributed by atoms with Crippen molar-refractivity contribution < 1.29 is 4.39 Å². The minimum atomic E-state index is -0.328. The Kier molecular flexibility index (Phi) is 3.39. The molecular formula is C16H14FN3O. The Morgan fingerprint density at radius 1 is 1.24 bits per heavy atom. The van der Waals surface area contributed by atoms with E-state index in [9.17, 15) is 9.18 Å². The van der Waals surface area contributed by atoms with Crippen LogP contribution < -0.4 is 10.9 Å². The number of fused-ring (bicyclic) bond motifs is 1. The van der Waals surface area contributed by atoms with Gasteiger partial charge in [-0.05, 0) is 30.7 Å². The van der Waals surface area contributed by atoms with Gasteiger partial charge in [0.25, 0.3) is 5.56 Å². The van der Waals surface area contributed by atoms with Crippen LogP contribution >= 0.6 is 0 Å². The first-order chi connectivity index (χ1) is 10.1. The van der Waals surface area contributed by atoms with Gasteiger partial charge in [-0.15, -0.1) is 0 Å². The van der Waals surface area contributed by atoms with Crippen molar-refractivity contribution >= 4 is 11.3 Å². The number of halogens is 1. The molecule has 0 aliphatic rings. The van der Waals surface area contributed by atoms with E-state index in [2.05, 4.69) is 10.3 Å². The van der Waals surface area contributed by atoms with Gasteiger partial charge in [0, 0.05) is 12.3 Å². The molecule has 0 atom stereocenters. The lowest BCUT2D eigenvalue weighted by molar-refractivity contribution is 0.630. The predicted octanol–water partition coefficient (Wildman–Crippen LogP) is 2.75. The number of benzene rings is 1. The quantitative estimate of drug-likeness (QED) is 0.804. The minimum absolute atomic E-state index is 0.144. The lowest BCUT2D eigenvalue weighted by atomic mass is 10.3. The molecule has 1 aromatic carbocycles. The minimum Gasteiger partial charge on any atom is -0.377 e. The van der Waals surface area contributed by atoms with Crippen molar-refractivity contribution in [2.24, 2.45) is 0 Å². The van der Waals surface area contributed by atoms with Crippen LogP contribution in [0.25, 0.3) is 5.65 Å². The normalized spacial score (nSPS) is 10.8. The van der Waals surface area contributed by atoms with Crippen LogP contribution in [0.2, 0.25) is 0 Å². The molecule has 0 amide bonds. The fraction of sp³-hybridized carbons (Fsp3) is 0.125. The topological polar surface area (TPSA) is 46.4 Å². The molecule has 106 valence electrons. The number of hydrogen-bond acceptors (Lipinski definition) is 3. The number of nitrogens with one attached hydrogen (secondary N) is 1. The number of aryl methyl sites for hydroxylation is 1. The van der Waals surface area contributed by atoms with Crippen LogP contribution in [0.4, 0.5) is 10.1 Å². The van der Waals surface area contributed by atoms with E-state index >= 15 is 0 Å². The van der Waals surface area contributed by atoms with E-state index in [4.69, 9.17) is 0 Å². The van der Waals surface area contributed by atoms with Crippen LogP contribution in [0.1, 0.15) is 11.3 Å². The molecule has 0 saturated heterocycles. The lowest BCUT2D eigenvalue weighted by Gasteiger charge is -2.08. The van der Waals surface area contributed by atoms with E-state index in [0.717, 1.165) is 5.56 Å². The van der Waals surface area contributed by atoms with Gasteiger partial charge in [0.15, 0.2) is 0 Å². The van der Waals surface area contributed by atoms with E-state index in [1.165, 1.54) is 16.5 Å². The number of para-hydroxylation sites is 1. The fourth-order valence-electron chi connectivity index (χ4n) is 2.14. The first-order valence-corrected chi connectivity index (χ1v) is 6.61. The molecule has 1 N–H and O–H groups in total. The highest BCUT2D eigenvalue weighted by Crippen LogP contribution is 2.13. The van der Waals surface area contributed by atoms with Gasteiger partial charge >= 0.3 is 0 Å². The first-order valence-electron chi connectivity index (χ1n) is 6.61. The monoisotopic (exact) mass is 283 g/mol. The maximum absolute atomic E-state index is 13.5. The summed E-state index contributed by atoms with van der Waals surface area (Å²) in [5.74, 6) is -0.328. The summed E-state index contributed by atoms with van der Waals surface area (Å²) in [4.78, 5) is 16.5. The van der Waals surface area contributed by atoms with E-state index in [0.29, 0.717) is 23.6 Å². The summed E-state index contributed by atoms with van der Waals surface area (Å²) in [7, 11) is 0. The molecule has 0 aliphatic carbocycles. The maximum atomic E-state index is 13.5. The van der Waals surface area contributed by atoms with Crippen molar-refractivity contribution in [3.05, 3.63) is 76.1 Å². The highest BCUT2D eigenvalue weighted by atomic mass is 19.1. The molecular weight excluding hydrogens is 269 g/mol. The highest BCUT2D eigenvalue weighted by Gasteiger charge is 2.04. The molecule has 0 unspecified atom stereocenters. The molecule has 0 fully saturated rings. The zero-order chi connectivity index (χ0) is 14.8. The van der Waals surface area contributed by atoms with Crippen LogP contribution in [0.5, 0.6) is 0 Å². The van der Waals surface area contributed by atoms with Crippen LogP contribution in [-0.4, -0.2) is 9.38 Å². The summed E-state index contributed by atoms with van der Waals surface area (Å²) in [6.07, 6.45) is 1.75. The van der Waals surface area contributed by atoms with Crippen molar-refractivity contribution in [1.82, 2.24) is 9.38 Å². The summed E-state index contributed by atoms with van der Waals surface area (Å²) >= 11 is 0. The number of nitrogens with zero attached hydrogens (tertiary/aromatic N) is 2. The zero-order valence-electron chi connectivity index (χ0n) is 11.5. The Bertz CT molecular complexity index is 858. The molecule has 4 nitrogen and oxygen atoms in total. The number of hydrogen-bond donors (Lipinski definition) is 1. The number of anilines is 1. The average molecular weight is 283 g/mol. The average Bonchev–Trinajstić information content (AvgIpc) is 2.47. The van der Waals surface area contributed by atoms with Gasteiger partial charge in [0.05, 0.1) is 17.9 Å². The Morgan fingerprint density at radius 3 is 2.86 bits per heavy atom. The molecule has 21 heavy (non-hydrogen) atoms. The van der Waals surface area contributed by atoms with Gasteiger partial charge in [0.2, 0.25) is 0 Å². The van der Waals surface area contributed by atoms with Crippen molar-refractivity contribution in [2.75, 3.05) is 5.32 Å². The van der Waals surface area contributed by atoms with Crippen molar-refractivity contribution in [3.63, 3.8) is 0 Å². The third kappa shape index (κ3) is 2.76. The third-order valence-electron chi connectivity index (χ3n) is 3.19. The molecule has 3 aromatic rings. The van der Waals surface area contributed by atoms with Crippen LogP contribution in [-0.2, 0) is 6.54 Å². The summed E-state index contributed by atoms with van der Waals surface area (Å²) in [5.41, 5.74) is 2.40. The summed E-state index contributed by atoms with van der Waals surface area (Å²) in [6, 6.07) is 11.6. The fourth-order valence-corrected chi connectivity index (χ4v) is 2.14. The van der Waals surface area contributed by atoms with E-state index in [1.54, 1.807) is 30.5 Å². The molecule has 0 saturated carbocycles. The third-order valence-corrected chi connectivity index (χ3v) is 3.19. The van der Waals surface area contributed by atoms with E-state index in [1.807, 2.05) is 13.0 Å². The Morgan fingerprint density at radius 2 is 2.05 bits per heavy atom. The molecule has 0 aliphatic heterocycles. The summed E-state index contributed by atoms with van der Waals surface area (Å²) < 4.78 is 15.0. The van der Waals surface area contributed by atoms with Gasteiger partial charge in [-0.2, -0.15) is 0 Å². The van der Waals surface area contributed by atoms with Gasteiger partial charge in [-0.25, -0.2) is 9.37 Å². The second-order valence-corrected chi connectivity index (χ2v) is 4.85. The van der Waals surface area contributed by atoms with E-state index in [-0.39, 0.29) is 11.4 Å². The standard InChI is InChI=1S/C16H14FN3O/c1-11-6-7-15-19-12(8-16(21)20(15)10-11)9-18-14-5-3-2-4-13(14)17/h2-8,10,18H,9H2,1H3. The Balaban J connectivity index is 1.90. The maximum Gasteiger partial charge on any atom is 0.258 e. The Hall–Kier alpha value is -2.69. The molecule has 2 heterocycles. The number of aromatic nitrogens is 2. The molecule has 0 spiro atoms. The lowest BCUT2D eigenvalue weighted by Crippen LogP contribution is -2.17. The SMILES string of the molecule is Cc1ccc2nc(CNc3ccccc3F)cc(=O)n2c1. The number of pyridine rings is 1. The van der Waals surface area contributed by atoms with E-state index < -0.39 is 0 Å². The zero-order valence-corrected chi connectivity index (χ0v) is 11.5. The number of rotatable bonds is 3. The van der Waals surface area contributed by atoms with Gasteiger partial charge in [0.1, 0.15) is 11.5 Å². The van der Waals surface area contributed by atoms with Crippen molar-refractivity contribution in [1.29, 1.82) is 0 Å². The second-order valence-electron chi connectivity index (χ2n) is 4.85. The smallest absolute Gasteiger partial charge is 0.258 e. The van der Waals surface area contributed by atoms with Gasteiger partial charge < -0.3 is 5.32 Å². The molecule has 5 heteroatoms. The summed E-state index contributed by atoms with van der Waals surface area (Å²) in [6.45, 7) is 2.21. The van der Waals surface area contributed by atoms with Gasteiger partial charge in [-0.1, -0.05) is 18.2 Å². The molecule has 2 aromatic heterocycles. The predicted molar refractivity (Wildman–Crippen MR) is 79.9 cm³/mol. The Labute approximate surface area is 120 Å². The molecule has 3 rings (SSSR count). The van der Waals surface area contributed by atoms with Crippen molar-refractivity contribution in [2.45, 2.75) is 13.5 Å².